The SMILES string of the molecule is CC(N)S.Cn1nc(C(F)(F)C(F)(F)F)c(C(F)(F)F)c1-n1cc(-c2cc(C(=O)NC3(C)CC3)c(Cl)s2)cn1. The van der Waals surface area contributed by atoms with Crippen molar-refractivity contribution in [1.29, 1.82) is 0 Å². The van der Waals surface area contributed by atoms with Crippen LogP contribution in [0.2, 0.25) is 4.34 Å². The lowest BCUT2D eigenvalue weighted by Gasteiger charge is -2.19. The molecule has 1 aliphatic carbocycles. The van der Waals surface area contributed by atoms with Gasteiger partial charge in [0.1, 0.15) is 9.90 Å². The van der Waals surface area contributed by atoms with Crippen molar-refractivity contribution >= 4 is 41.5 Å². The molecule has 0 bridgehead atoms. The Morgan fingerprint density at radius 3 is 2.28 bits per heavy atom. The van der Waals surface area contributed by atoms with E-state index in [-0.39, 0.29) is 31.1 Å². The van der Waals surface area contributed by atoms with E-state index in [2.05, 4.69) is 28.1 Å². The van der Waals surface area contributed by atoms with Gasteiger partial charge >= 0.3 is 18.3 Å². The molecule has 0 aromatic carbocycles. The molecule has 1 amide bonds. The third-order valence-corrected chi connectivity index (χ3v) is 6.79. The maximum Gasteiger partial charge on any atom is 0.459 e. The van der Waals surface area contributed by atoms with Crippen molar-refractivity contribution in [1.82, 2.24) is 24.9 Å². The predicted octanol–water partition coefficient (Wildman–Crippen LogP) is 6.16. The molecule has 1 aliphatic rings. The lowest BCUT2D eigenvalue weighted by Crippen LogP contribution is -2.36. The quantitative estimate of drug-likeness (QED) is 0.180. The Labute approximate surface area is 230 Å². The van der Waals surface area contributed by atoms with E-state index in [0.29, 0.717) is 9.56 Å². The van der Waals surface area contributed by atoms with E-state index in [9.17, 15) is 39.9 Å². The van der Waals surface area contributed by atoms with Crippen LogP contribution in [0.15, 0.2) is 18.5 Å². The number of rotatable bonds is 5. The Hall–Kier alpha value is -2.37. The predicted molar refractivity (Wildman–Crippen MR) is 131 cm³/mol. The van der Waals surface area contributed by atoms with Gasteiger partial charge < -0.3 is 11.1 Å². The summed E-state index contributed by atoms with van der Waals surface area (Å²) in [6.07, 6.45) is -8.30. The van der Waals surface area contributed by atoms with Gasteiger partial charge in [-0.2, -0.15) is 57.9 Å². The molecule has 1 unspecified atom stereocenters. The van der Waals surface area contributed by atoms with E-state index in [1.807, 2.05) is 13.8 Å². The zero-order valence-electron chi connectivity index (χ0n) is 20.3. The first-order valence-electron chi connectivity index (χ1n) is 10.9. The van der Waals surface area contributed by atoms with E-state index in [1.54, 1.807) is 0 Å². The molecule has 3 aromatic rings. The number of carbonyl (C=O) groups is 1. The molecule has 1 fully saturated rings. The van der Waals surface area contributed by atoms with Crippen molar-refractivity contribution in [3.05, 3.63) is 39.6 Å². The number of thiol groups is 1. The molecule has 0 spiro atoms. The summed E-state index contributed by atoms with van der Waals surface area (Å²) in [6.45, 7) is 3.65. The summed E-state index contributed by atoms with van der Waals surface area (Å²) in [4.78, 5) is 12.8. The Morgan fingerprint density at radius 1 is 1.23 bits per heavy atom. The Balaban J connectivity index is 0.000000983. The number of nitrogens with zero attached hydrogens (tertiary/aromatic N) is 4. The molecule has 18 heteroatoms. The number of thiophene rings is 1. The van der Waals surface area contributed by atoms with Gasteiger partial charge in [-0.3, -0.25) is 4.79 Å². The van der Waals surface area contributed by atoms with E-state index in [0.717, 1.165) is 43.6 Å². The summed E-state index contributed by atoms with van der Waals surface area (Å²) in [6, 6.07) is 1.38. The number of aryl methyl sites for hydroxylation is 1. The highest BCUT2D eigenvalue weighted by atomic mass is 35.5. The second-order valence-corrected chi connectivity index (χ2v) is 11.4. The number of halogens is 9. The molecule has 3 heterocycles. The molecular weight excluding hydrogens is 604 g/mol. The van der Waals surface area contributed by atoms with Gasteiger partial charge in [-0.15, -0.1) is 11.3 Å². The van der Waals surface area contributed by atoms with E-state index in [1.165, 1.54) is 6.07 Å². The molecule has 1 atom stereocenters. The zero-order valence-corrected chi connectivity index (χ0v) is 22.7. The molecule has 7 nitrogen and oxygen atoms in total. The first-order valence-corrected chi connectivity index (χ1v) is 12.6. The first kappa shape index (κ1) is 31.2. The molecule has 4 rings (SSSR count). The fourth-order valence-electron chi connectivity index (χ4n) is 3.28. The normalized spacial score (nSPS) is 15.9. The van der Waals surface area contributed by atoms with Crippen LogP contribution in [-0.4, -0.2) is 42.6 Å². The molecule has 3 N–H and O–H groups in total. The third kappa shape index (κ3) is 6.69. The summed E-state index contributed by atoms with van der Waals surface area (Å²) in [5.74, 6) is -7.47. The number of nitrogens with one attached hydrogen (secondary N) is 1. The third-order valence-electron chi connectivity index (χ3n) is 5.38. The summed E-state index contributed by atoms with van der Waals surface area (Å²) >= 11 is 10.8. The van der Waals surface area contributed by atoms with Crippen LogP contribution in [0.1, 0.15) is 48.3 Å². The monoisotopic (exact) mass is 624 g/mol. The molecule has 1 saturated carbocycles. The van der Waals surface area contributed by atoms with Gasteiger partial charge in [0.2, 0.25) is 0 Å². The zero-order chi connectivity index (χ0) is 29.7. The molecule has 0 radical (unpaired) electrons. The average Bonchev–Trinajstić information content (AvgIpc) is 3.12. The van der Waals surface area contributed by atoms with Crippen molar-refractivity contribution in [2.75, 3.05) is 0 Å². The number of nitrogens with two attached hydrogens (primary N) is 1. The van der Waals surface area contributed by atoms with Crippen LogP contribution < -0.4 is 11.1 Å². The van der Waals surface area contributed by atoms with Crippen molar-refractivity contribution in [2.24, 2.45) is 12.8 Å². The lowest BCUT2D eigenvalue weighted by atomic mass is 10.1. The van der Waals surface area contributed by atoms with Crippen molar-refractivity contribution in [3.63, 3.8) is 0 Å². The highest BCUT2D eigenvalue weighted by molar-refractivity contribution is 7.80. The number of hydrogen-bond donors (Lipinski definition) is 3. The van der Waals surface area contributed by atoms with Gasteiger partial charge in [0, 0.05) is 34.6 Å². The summed E-state index contributed by atoms with van der Waals surface area (Å²) in [5, 5.41) is 9.39. The van der Waals surface area contributed by atoms with Gasteiger partial charge in [-0.25, -0.2) is 9.36 Å². The van der Waals surface area contributed by atoms with Crippen molar-refractivity contribution in [2.45, 2.75) is 55.9 Å². The lowest BCUT2D eigenvalue weighted by molar-refractivity contribution is -0.292. The van der Waals surface area contributed by atoms with Gasteiger partial charge in [0.25, 0.3) is 5.91 Å². The number of amides is 1. The Kier molecular flexibility index (Phi) is 8.43. The largest absolute Gasteiger partial charge is 0.459 e. The van der Waals surface area contributed by atoms with Gasteiger partial charge in [-0.1, -0.05) is 11.6 Å². The fraction of sp³-hybridized carbons (Fsp3) is 0.476. The van der Waals surface area contributed by atoms with Crippen molar-refractivity contribution in [3.8, 4) is 16.3 Å². The van der Waals surface area contributed by atoms with Crippen molar-refractivity contribution < 1.29 is 39.9 Å². The topological polar surface area (TPSA) is 90.8 Å². The minimum Gasteiger partial charge on any atom is -0.347 e. The van der Waals surface area contributed by atoms with Crippen LogP contribution in [0, 0.1) is 0 Å². The summed E-state index contributed by atoms with van der Waals surface area (Å²) in [7, 11) is 0.783. The van der Waals surface area contributed by atoms with Gasteiger partial charge in [-0.05, 0) is 32.8 Å². The molecule has 0 aliphatic heterocycles. The maximum absolute atomic E-state index is 13.9. The van der Waals surface area contributed by atoms with Crippen LogP contribution in [-0.2, 0) is 19.1 Å². The molecule has 3 aromatic heterocycles. The Morgan fingerprint density at radius 2 is 1.79 bits per heavy atom. The van der Waals surface area contributed by atoms with E-state index < -0.39 is 41.3 Å². The number of carbonyl (C=O) groups excluding carboxylic acids is 1. The second-order valence-electron chi connectivity index (χ2n) is 8.97. The smallest absolute Gasteiger partial charge is 0.347 e. The van der Waals surface area contributed by atoms with E-state index in [4.69, 9.17) is 17.3 Å². The fourth-order valence-corrected chi connectivity index (χ4v) is 4.52. The standard InChI is InChI=1S/C19H14ClF8N5OS.C2H7NS/c1-16(3-4-16)30-14(34)9-5-10(35-13(9)20)8-6-29-33(7-8)15-11(18(23,24)25)12(31-32(15)2)17(21,22)19(26,27)28;1-2(3)4/h5-7H,3-4H2,1-2H3,(H,30,34);2,4H,3H2,1H3. The number of aromatic nitrogens is 4. The highest BCUT2D eigenvalue weighted by Gasteiger charge is 2.64. The van der Waals surface area contributed by atoms with Crippen LogP contribution in [0.4, 0.5) is 35.1 Å². The van der Waals surface area contributed by atoms with Crippen LogP contribution in [0.25, 0.3) is 16.3 Å². The van der Waals surface area contributed by atoms with Gasteiger partial charge in [0.15, 0.2) is 11.5 Å². The van der Waals surface area contributed by atoms with Crippen LogP contribution in [0.5, 0.6) is 0 Å². The van der Waals surface area contributed by atoms with Crippen LogP contribution >= 0.6 is 35.6 Å². The maximum atomic E-state index is 13.9. The Bertz CT molecular complexity index is 1350. The first-order chi connectivity index (χ1) is 17.7. The second kappa shape index (κ2) is 10.6. The molecule has 216 valence electrons. The number of alkyl halides is 8. The van der Waals surface area contributed by atoms with Crippen LogP contribution in [0.3, 0.4) is 0 Å². The molecular formula is C21H21ClF8N6OS2. The summed E-state index contributed by atoms with van der Waals surface area (Å²) < 4.78 is 108. The molecule has 0 saturated heterocycles. The molecule has 39 heavy (non-hydrogen) atoms. The van der Waals surface area contributed by atoms with Gasteiger partial charge in [0.05, 0.1) is 11.8 Å². The number of hydrogen-bond acceptors (Lipinski definition) is 6. The minimum atomic E-state index is -6.31. The minimum absolute atomic E-state index is 0.0278. The summed E-state index contributed by atoms with van der Waals surface area (Å²) in [5.41, 5.74) is 0.140. The highest BCUT2D eigenvalue weighted by Crippen LogP contribution is 2.49. The average molecular weight is 625 g/mol. The van der Waals surface area contributed by atoms with E-state index >= 15 is 0 Å².